The molecule has 2 fully saturated rings. The highest BCUT2D eigenvalue weighted by molar-refractivity contribution is 8.00. The van der Waals surface area contributed by atoms with Gasteiger partial charge in [-0.15, -0.1) is 0 Å². The van der Waals surface area contributed by atoms with E-state index in [1.54, 1.807) is 7.05 Å². The summed E-state index contributed by atoms with van der Waals surface area (Å²) in [5, 5.41) is 7.04. The summed E-state index contributed by atoms with van der Waals surface area (Å²) in [6.45, 7) is 6.54. The lowest BCUT2D eigenvalue weighted by atomic mass is 9.99. The summed E-state index contributed by atoms with van der Waals surface area (Å²) >= 11 is 2.00. The highest BCUT2D eigenvalue weighted by Gasteiger charge is 2.33. The molecular weight excluding hydrogens is 406 g/mol. The molecule has 1 unspecified atom stereocenters. The Labute approximate surface area is 183 Å². The number of thioether (sulfide) groups is 1. The van der Waals surface area contributed by atoms with Gasteiger partial charge in [-0.2, -0.15) is 11.8 Å². The number of halogens is 2. The molecule has 30 heavy (non-hydrogen) atoms. The number of benzene rings is 1. The number of guanidine groups is 1. The number of hydrogen-bond donors (Lipinski definition) is 2. The first kappa shape index (κ1) is 23.3. The minimum Gasteiger partial charge on any atom is -0.381 e. The van der Waals surface area contributed by atoms with Crippen molar-refractivity contribution in [3.8, 4) is 0 Å². The van der Waals surface area contributed by atoms with Crippen LogP contribution in [0.25, 0.3) is 0 Å². The lowest BCUT2D eigenvalue weighted by molar-refractivity contribution is 0.0781. The Bertz CT molecular complexity index is 687. The number of nitrogens with zero attached hydrogens (tertiary/aromatic N) is 2. The molecule has 2 aliphatic rings. The van der Waals surface area contributed by atoms with E-state index in [2.05, 4.69) is 27.4 Å². The normalized spacial score (nSPS) is 22.7. The highest BCUT2D eigenvalue weighted by Crippen LogP contribution is 2.34. The fourth-order valence-corrected chi connectivity index (χ4v) is 5.52. The van der Waals surface area contributed by atoms with Crippen molar-refractivity contribution in [2.75, 3.05) is 45.6 Å². The van der Waals surface area contributed by atoms with Crippen molar-refractivity contribution in [2.24, 2.45) is 4.99 Å². The smallest absolute Gasteiger partial charge is 0.191 e. The number of ether oxygens (including phenoxy) is 1. The summed E-state index contributed by atoms with van der Waals surface area (Å²) in [5.41, 5.74) is 0.152. The molecule has 0 spiro atoms. The van der Waals surface area contributed by atoms with Crippen molar-refractivity contribution < 1.29 is 13.5 Å². The molecule has 0 bridgehead atoms. The first-order valence-electron chi connectivity index (χ1n) is 10.9. The maximum absolute atomic E-state index is 14.0. The van der Waals surface area contributed by atoms with Crippen molar-refractivity contribution in [1.82, 2.24) is 15.5 Å². The summed E-state index contributed by atoms with van der Waals surface area (Å²) in [6.07, 6.45) is 4.08. The summed E-state index contributed by atoms with van der Waals surface area (Å²) < 4.78 is 33.8. The molecule has 2 N–H and O–H groups in total. The van der Waals surface area contributed by atoms with Crippen LogP contribution in [-0.2, 0) is 11.3 Å². The van der Waals surface area contributed by atoms with Crippen LogP contribution in [0.4, 0.5) is 8.78 Å². The molecule has 2 aliphatic heterocycles. The van der Waals surface area contributed by atoms with E-state index in [4.69, 9.17) is 4.74 Å². The van der Waals surface area contributed by atoms with E-state index in [0.717, 1.165) is 70.2 Å². The number of likely N-dealkylation sites (tertiary alicyclic amines) is 1. The predicted molar refractivity (Wildman–Crippen MR) is 120 cm³/mol. The van der Waals surface area contributed by atoms with Crippen LogP contribution >= 0.6 is 11.8 Å². The van der Waals surface area contributed by atoms with E-state index < -0.39 is 11.6 Å². The summed E-state index contributed by atoms with van der Waals surface area (Å²) in [4.78, 5) is 6.52. The second-order valence-corrected chi connectivity index (χ2v) is 9.81. The molecule has 0 radical (unpaired) electrons. The minimum absolute atomic E-state index is 0.152. The molecular formula is C22H34F2N4OS. The molecule has 168 valence electrons. The zero-order valence-corrected chi connectivity index (χ0v) is 18.9. The van der Waals surface area contributed by atoms with Gasteiger partial charge in [-0.25, -0.2) is 8.78 Å². The van der Waals surface area contributed by atoms with E-state index >= 15 is 0 Å². The number of piperidine rings is 1. The molecule has 5 nitrogen and oxygen atoms in total. The van der Waals surface area contributed by atoms with Crippen molar-refractivity contribution in [3.63, 3.8) is 0 Å². The third-order valence-corrected chi connectivity index (χ3v) is 7.40. The Morgan fingerprint density at radius 2 is 2.03 bits per heavy atom. The van der Waals surface area contributed by atoms with Gasteiger partial charge in [0.2, 0.25) is 0 Å². The molecule has 1 aromatic carbocycles. The number of nitrogens with one attached hydrogen (secondary N) is 2. The Balaban J connectivity index is 1.53. The molecule has 0 amide bonds. The average Bonchev–Trinajstić information content (AvgIpc) is 2.75. The predicted octanol–water partition coefficient (Wildman–Crippen LogP) is 3.40. The molecule has 0 saturated carbocycles. The molecule has 8 heteroatoms. The molecule has 2 heterocycles. The van der Waals surface area contributed by atoms with Gasteiger partial charge in [-0.3, -0.25) is 9.89 Å². The summed E-state index contributed by atoms with van der Waals surface area (Å²) in [5.74, 6) is 0.926. The second kappa shape index (κ2) is 11.3. The van der Waals surface area contributed by atoms with E-state index in [1.807, 2.05) is 11.8 Å². The van der Waals surface area contributed by atoms with Crippen LogP contribution in [0.15, 0.2) is 23.2 Å². The second-order valence-electron chi connectivity index (χ2n) is 8.07. The van der Waals surface area contributed by atoms with Gasteiger partial charge in [0, 0.05) is 56.2 Å². The third-order valence-electron chi connectivity index (χ3n) is 5.95. The zero-order chi connectivity index (χ0) is 21.4. The van der Waals surface area contributed by atoms with Crippen molar-refractivity contribution in [1.29, 1.82) is 0 Å². The fraction of sp³-hybridized carbons (Fsp3) is 0.682. The zero-order valence-electron chi connectivity index (χ0n) is 18.1. The quantitative estimate of drug-likeness (QED) is 0.503. The van der Waals surface area contributed by atoms with Crippen LogP contribution in [0.1, 0.15) is 38.2 Å². The SMILES string of the molecule is CCSC1(CNC(=NC)NC2CCCN(Cc3c(F)cccc3F)C2)CCOCC1. The van der Waals surface area contributed by atoms with Crippen LogP contribution in [0, 0.1) is 11.6 Å². The summed E-state index contributed by atoms with van der Waals surface area (Å²) in [7, 11) is 1.79. The molecule has 0 aliphatic carbocycles. The van der Waals surface area contributed by atoms with E-state index in [-0.39, 0.29) is 16.4 Å². The minimum atomic E-state index is -0.474. The van der Waals surface area contributed by atoms with Gasteiger partial charge in [0.1, 0.15) is 11.6 Å². The molecule has 1 aromatic rings. The standard InChI is InChI=1S/C22H34F2N4OS/c1-3-30-22(9-12-29-13-10-22)16-26-21(25-2)27-17-6-5-11-28(14-17)15-18-19(23)7-4-8-20(18)24/h4,7-8,17H,3,5-6,9-16H2,1-2H3,(H2,25,26,27). The Kier molecular flexibility index (Phi) is 8.77. The maximum Gasteiger partial charge on any atom is 0.191 e. The van der Waals surface area contributed by atoms with Gasteiger partial charge in [-0.1, -0.05) is 13.0 Å². The monoisotopic (exact) mass is 440 g/mol. The van der Waals surface area contributed by atoms with Crippen LogP contribution < -0.4 is 10.6 Å². The first-order valence-corrected chi connectivity index (χ1v) is 11.9. The van der Waals surface area contributed by atoms with Gasteiger partial charge in [0.05, 0.1) is 0 Å². The highest BCUT2D eigenvalue weighted by atomic mass is 32.2. The molecule has 2 saturated heterocycles. The lowest BCUT2D eigenvalue weighted by Crippen LogP contribution is -2.53. The Morgan fingerprint density at radius 1 is 1.30 bits per heavy atom. The van der Waals surface area contributed by atoms with Gasteiger partial charge in [0.25, 0.3) is 0 Å². The largest absolute Gasteiger partial charge is 0.381 e. The van der Waals surface area contributed by atoms with Crippen molar-refractivity contribution >= 4 is 17.7 Å². The first-order chi connectivity index (χ1) is 14.5. The average molecular weight is 441 g/mol. The molecule has 0 aromatic heterocycles. The van der Waals surface area contributed by atoms with E-state index in [1.165, 1.54) is 18.2 Å². The molecule has 3 rings (SSSR count). The topological polar surface area (TPSA) is 48.9 Å². The van der Waals surface area contributed by atoms with E-state index in [0.29, 0.717) is 6.54 Å². The van der Waals surface area contributed by atoms with Crippen LogP contribution in [0.3, 0.4) is 0 Å². The number of rotatable bonds is 7. The van der Waals surface area contributed by atoms with Crippen molar-refractivity contribution in [3.05, 3.63) is 35.4 Å². The van der Waals surface area contributed by atoms with E-state index in [9.17, 15) is 8.78 Å². The molecule has 1 atom stereocenters. The Hall–Kier alpha value is -1.38. The number of hydrogen-bond acceptors (Lipinski definition) is 4. The van der Waals surface area contributed by atoms with Crippen molar-refractivity contribution in [2.45, 2.75) is 49.9 Å². The van der Waals surface area contributed by atoms with Gasteiger partial charge < -0.3 is 15.4 Å². The van der Waals surface area contributed by atoms with Gasteiger partial charge in [-0.05, 0) is 50.1 Å². The van der Waals surface area contributed by atoms with Crippen LogP contribution in [0.5, 0.6) is 0 Å². The van der Waals surface area contributed by atoms with Crippen LogP contribution in [-0.4, -0.2) is 67.3 Å². The summed E-state index contributed by atoms with van der Waals surface area (Å²) in [6, 6.07) is 4.25. The fourth-order valence-electron chi connectivity index (χ4n) is 4.28. The third kappa shape index (κ3) is 6.31. The maximum atomic E-state index is 14.0. The Morgan fingerprint density at radius 3 is 2.70 bits per heavy atom. The van der Waals surface area contributed by atoms with Crippen LogP contribution in [0.2, 0.25) is 0 Å². The van der Waals surface area contributed by atoms with Gasteiger partial charge in [0.15, 0.2) is 5.96 Å². The van der Waals surface area contributed by atoms with Gasteiger partial charge >= 0.3 is 0 Å². The lowest BCUT2D eigenvalue weighted by Gasteiger charge is -2.38. The number of aliphatic imine (C=N–C) groups is 1.